The number of hydrogen-bond acceptors (Lipinski definition) is 7. The van der Waals surface area contributed by atoms with E-state index in [0.717, 1.165) is 0 Å². The van der Waals surface area contributed by atoms with Crippen molar-refractivity contribution in [3.8, 4) is 11.5 Å². The number of nitrogens with zero attached hydrogens (tertiary/aromatic N) is 1. The number of anilines is 1. The summed E-state index contributed by atoms with van der Waals surface area (Å²) in [7, 11) is 0. The maximum atomic E-state index is 13.7. The van der Waals surface area contributed by atoms with Gasteiger partial charge in [0, 0.05) is 22.3 Å². The van der Waals surface area contributed by atoms with Crippen molar-refractivity contribution in [3.63, 3.8) is 0 Å². The van der Waals surface area contributed by atoms with E-state index in [9.17, 15) is 19.5 Å². The molecule has 4 aliphatic rings. The first kappa shape index (κ1) is 20.5. The third-order valence-corrected chi connectivity index (χ3v) is 7.24. The van der Waals surface area contributed by atoms with Gasteiger partial charge in [0.2, 0.25) is 24.5 Å². The molecule has 4 aliphatic heterocycles. The summed E-state index contributed by atoms with van der Waals surface area (Å²) in [6.07, 6.45) is -0.977. The average molecular weight is 470 g/mol. The molecule has 0 saturated carbocycles. The van der Waals surface area contributed by atoms with E-state index in [4.69, 9.17) is 21.1 Å². The first-order chi connectivity index (χ1) is 15.8. The summed E-state index contributed by atoms with van der Waals surface area (Å²) in [5.41, 5.74) is 0.222. The van der Waals surface area contributed by atoms with E-state index < -0.39 is 47.2 Å². The van der Waals surface area contributed by atoms with Crippen LogP contribution in [0.1, 0.15) is 18.1 Å². The number of nitrogens with one attached hydrogen (secondary N) is 2. The molecule has 3 amide bonds. The molecular formula is C23H20ClN3O6. The van der Waals surface area contributed by atoms with Crippen molar-refractivity contribution in [1.29, 1.82) is 0 Å². The van der Waals surface area contributed by atoms with Crippen LogP contribution in [0.4, 0.5) is 5.69 Å². The fourth-order valence-corrected chi connectivity index (χ4v) is 5.73. The van der Waals surface area contributed by atoms with E-state index in [2.05, 4.69) is 10.6 Å². The number of benzene rings is 2. The molecule has 0 unspecified atom stereocenters. The molecule has 0 bridgehead atoms. The molecule has 2 aromatic carbocycles. The van der Waals surface area contributed by atoms with Crippen LogP contribution in [-0.2, 0) is 26.5 Å². The minimum atomic E-state index is -1.50. The quantitative estimate of drug-likeness (QED) is 0.581. The van der Waals surface area contributed by atoms with Crippen molar-refractivity contribution in [2.45, 2.75) is 31.2 Å². The predicted octanol–water partition coefficient (Wildman–Crippen LogP) is 1.37. The van der Waals surface area contributed by atoms with Crippen LogP contribution in [0.25, 0.3) is 0 Å². The molecule has 0 aliphatic carbocycles. The van der Waals surface area contributed by atoms with E-state index in [1.165, 1.54) is 11.8 Å². The summed E-state index contributed by atoms with van der Waals surface area (Å²) in [5.74, 6) is -2.11. The number of halogens is 1. The van der Waals surface area contributed by atoms with E-state index in [1.807, 2.05) is 0 Å². The Morgan fingerprint density at radius 1 is 1.15 bits per heavy atom. The highest BCUT2D eigenvalue weighted by atomic mass is 35.5. The highest BCUT2D eigenvalue weighted by molar-refractivity contribution is 6.31. The van der Waals surface area contributed by atoms with Gasteiger partial charge in [0.25, 0.3) is 0 Å². The number of amides is 3. The number of imide groups is 1. The number of fused-ring (bicyclic) bond motifs is 5. The Bertz CT molecular complexity index is 1230. The predicted molar refractivity (Wildman–Crippen MR) is 115 cm³/mol. The summed E-state index contributed by atoms with van der Waals surface area (Å²) in [5, 5.41) is 16.8. The second-order valence-electron chi connectivity index (χ2n) is 8.82. The Hall–Kier alpha value is -3.14. The van der Waals surface area contributed by atoms with Gasteiger partial charge < -0.3 is 19.9 Å². The van der Waals surface area contributed by atoms with Crippen LogP contribution in [0.15, 0.2) is 36.4 Å². The average Bonchev–Trinajstić information content (AvgIpc) is 3.51. The normalized spacial score (nSPS) is 30.1. The summed E-state index contributed by atoms with van der Waals surface area (Å²) in [4.78, 5) is 41.7. The van der Waals surface area contributed by atoms with Gasteiger partial charge in [-0.15, -0.1) is 0 Å². The number of carbonyl (C=O) groups excluding carboxylic acids is 3. The van der Waals surface area contributed by atoms with Gasteiger partial charge in [-0.25, -0.2) is 0 Å². The van der Waals surface area contributed by atoms with E-state index in [0.29, 0.717) is 33.3 Å². The molecule has 0 radical (unpaired) electrons. The minimum absolute atomic E-state index is 0.0218. The molecule has 9 nitrogen and oxygen atoms in total. The fraction of sp³-hybridized carbons (Fsp3) is 0.348. The van der Waals surface area contributed by atoms with Crippen LogP contribution in [0, 0.1) is 11.8 Å². The van der Waals surface area contributed by atoms with Crippen molar-refractivity contribution < 1.29 is 29.0 Å². The van der Waals surface area contributed by atoms with Gasteiger partial charge in [0.1, 0.15) is 5.54 Å². The highest BCUT2D eigenvalue weighted by Gasteiger charge is 2.71. The first-order valence-corrected chi connectivity index (χ1v) is 11.0. The van der Waals surface area contributed by atoms with Crippen LogP contribution in [0.3, 0.4) is 0 Å². The standard InChI is InChI=1S/C23H20ClN3O6/c1-10(28)19-17-18(23(26-19)13-7-12(24)3-4-14(13)25-22(23)31)21(30)27(20(17)29)8-11-2-5-15-16(6-11)33-9-32-15/h2-7,10,17-19,26,28H,8-9H2,1H3,(H,25,31)/t10-,17+,18-,19+,23-/m0/s1. The lowest BCUT2D eigenvalue weighted by atomic mass is 9.76. The number of ether oxygens (including phenoxy) is 2. The molecule has 10 heteroatoms. The van der Waals surface area contributed by atoms with Gasteiger partial charge in [-0.1, -0.05) is 17.7 Å². The zero-order chi connectivity index (χ0) is 23.1. The molecule has 2 saturated heterocycles. The van der Waals surface area contributed by atoms with Crippen molar-refractivity contribution in [2.24, 2.45) is 11.8 Å². The Labute approximate surface area is 193 Å². The lowest BCUT2D eigenvalue weighted by Crippen LogP contribution is -2.54. The third-order valence-electron chi connectivity index (χ3n) is 7.00. The largest absolute Gasteiger partial charge is 0.454 e. The molecule has 2 fully saturated rings. The van der Waals surface area contributed by atoms with Crippen LogP contribution in [0.2, 0.25) is 5.02 Å². The number of aliphatic hydroxyl groups excluding tert-OH is 1. The molecule has 4 heterocycles. The Balaban J connectivity index is 1.42. The second-order valence-corrected chi connectivity index (χ2v) is 9.25. The van der Waals surface area contributed by atoms with Crippen molar-refractivity contribution in [2.75, 3.05) is 12.1 Å². The third kappa shape index (κ3) is 2.70. The smallest absolute Gasteiger partial charge is 0.250 e. The highest BCUT2D eigenvalue weighted by Crippen LogP contribution is 2.54. The molecule has 170 valence electrons. The number of hydrogen-bond donors (Lipinski definition) is 3. The Morgan fingerprint density at radius 2 is 1.94 bits per heavy atom. The van der Waals surface area contributed by atoms with Gasteiger partial charge in [0.15, 0.2) is 11.5 Å². The number of aliphatic hydroxyl groups is 1. The van der Waals surface area contributed by atoms with Crippen LogP contribution < -0.4 is 20.1 Å². The summed E-state index contributed by atoms with van der Waals surface area (Å²) in [6.45, 7) is 1.68. The number of carbonyl (C=O) groups is 3. The molecular weight excluding hydrogens is 450 g/mol. The van der Waals surface area contributed by atoms with Crippen molar-refractivity contribution >= 4 is 35.0 Å². The maximum Gasteiger partial charge on any atom is 0.250 e. The van der Waals surface area contributed by atoms with Gasteiger partial charge in [-0.05, 0) is 42.8 Å². The topological polar surface area (TPSA) is 117 Å². The maximum absolute atomic E-state index is 13.7. The summed E-state index contributed by atoms with van der Waals surface area (Å²) in [6, 6.07) is 9.38. The van der Waals surface area contributed by atoms with Gasteiger partial charge in [-0.3, -0.25) is 24.6 Å². The minimum Gasteiger partial charge on any atom is -0.454 e. The molecule has 1 spiro atoms. The van der Waals surface area contributed by atoms with Gasteiger partial charge in [-0.2, -0.15) is 0 Å². The molecule has 2 aromatic rings. The van der Waals surface area contributed by atoms with E-state index in [-0.39, 0.29) is 13.3 Å². The first-order valence-electron chi connectivity index (χ1n) is 10.6. The molecule has 6 rings (SSSR count). The molecule has 33 heavy (non-hydrogen) atoms. The number of likely N-dealkylation sites (tertiary alicyclic amines) is 1. The molecule has 3 N–H and O–H groups in total. The van der Waals surface area contributed by atoms with Crippen molar-refractivity contribution in [1.82, 2.24) is 10.2 Å². The second kappa shape index (κ2) is 6.93. The van der Waals surface area contributed by atoms with Crippen LogP contribution >= 0.6 is 11.6 Å². The van der Waals surface area contributed by atoms with Gasteiger partial charge in [0.05, 0.1) is 24.5 Å². The van der Waals surface area contributed by atoms with Crippen molar-refractivity contribution in [3.05, 3.63) is 52.5 Å². The van der Waals surface area contributed by atoms with E-state index >= 15 is 0 Å². The van der Waals surface area contributed by atoms with E-state index in [1.54, 1.807) is 36.4 Å². The molecule has 0 aromatic heterocycles. The van der Waals surface area contributed by atoms with Crippen LogP contribution in [0.5, 0.6) is 11.5 Å². The Morgan fingerprint density at radius 3 is 2.73 bits per heavy atom. The lowest BCUT2D eigenvalue weighted by molar-refractivity contribution is -0.143. The van der Waals surface area contributed by atoms with Crippen LogP contribution in [-0.4, -0.2) is 46.7 Å². The zero-order valence-corrected chi connectivity index (χ0v) is 18.3. The summed E-state index contributed by atoms with van der Waals surface area (Å²) < 4.78 is 10.7. The lowest BCUT2D eigenvalue weighted by Gasteiger charge is -2.30. The fourth-order valence-electron chi connectivity index (χ4n) is 5.56. The Kier molecular flexibility index (Phi) is 4.30. The monoisotopic (exact) mass is 469 g/mol. The summed E-state index contributed by atoms with van der Waals surface area (Å²) >= 11 is 6.22. The van der Waals surface area contributed by atoms with Gasteiger partial charge >= 0.3 is 0 Å². The SMILES string of the molecule is C[C@H](O)[C@H]1N[C@]2(C(=O)Nc3ccc(Cl)cc32)[C@@H]2C(=O)N(Cc3ccc4c(c3)OCO4)C(=O)[C@@H]12. The molecule has 5 atom stereocenters. The number of rotatable bonds is 3. The zero-order valence-electron chi connectivity index (χ0n) is 17.5.